The average molecular weight is 991 g/mol. The fourth-order valence-corrected chi connectivity index (χ4v) is 9.27. The zero-order valence-electron chi connectivity index (χ0n) is 41.5. The Bertz CT molecular complexity index is 2750. The summed E-state index contributed by atoms with van der Waals surface area (Å²) in [5, 5.41) is 3.71. The van der Waals surface area contributed by atoms with Gasteiger partial charge in [0.15, 0.2) is 14.0 Å². The van der Waals surface area contributed by atoms with E-state index in [9.17, 15) is 19.2 Å². The maximum atomic E-state index is 13.8. The number of hydrogen-bond donors (Lipinski definition) is 1. The van der Waals surface area contributed by atoms with Crippen LogP contribution in [0.5, 0.6) is 5.88 Å². The van der Waals surface area contributed by atoms with E-state index in [4.69, 9.17) is 51.8 Å². The van der Waals surface area contributed by atoms with Crippen LogP contribution in [0.15, 0.2) is 65.5 Å². The van der Waals surface area contributed by atoms with Gasteiger partial charge in [0.25, 0.3) is 5.56 Å². The van der Waals surface area contributed by atoms with Crippen LogP contribution in [-0.4, -0.2) is 99.4 Å². The summed E-state index contributed by atoms with van der Waals surface area (Å²) in [7, 11) is 1.17. The number of benzene rings is 2. The van der Waals surface area contributed by atoms with Gasteiger partial charge in [-0.25, -0.2) is 19.6 Å². The lowest BCUT2D eigenvalue weighted by Gasteiger charge is -2.37. The van der Waals surface area contributed by atoms with E-state index in [1.54, 1.807) is 43.5 Å². The largest absolute Gasteiger partial charge is 0.481 e. The first kappa shape index (κ1) is 52.0. The van der Waals surface area contributed by atoms with Gasteiger partial charge in [-0.15, -0.1) is 0 Å². The molecule has 6 rings (SSSR count). The van der Waals surface area contributed by atoms with Crippen molar-refractivity contribution in [3.8, 4) is 39.5 Å². The van der Waals surface area contributed by atoms with Gasteiger partial charge in [-0.05, 0) is 78.2 Å². The Balaban J connectivity index is 1.29. The van der Waals surface area contributed by atoms with Crippen LogP contribution in [0.25, 0.3) is 39.3 Å². The van der Waals surface area contributed by atoms with Crippen molar-refractivity contribution in [2.45, 2.75) is 124 Å². The minimum atomic E-state index is -2.10. The van der Waals surface area contributed by atoms with Gasteiger partial charge < -0.3 is 33.8 Å². The van der Waals surface area contributed by atoms with Crippen molar-refractivity contribution in [2.24, 2.45) is 7.05 Å². The minimum Gasteiger partial charge on any atom is -0.481 e. The number of amides is 3. The quantitative estimate of drug-likeness (QED) is 0.106. The van der Waals surface area contributed by atoms with Gasteiger partial charge in [-0.1, -0.05) is 80.4 Å². The second-order valence-electron chi connectivity index (χ2n) is 20.7. The highest BCUT2D eigenvalue weighted by atomic mass is 35.5. The molecule has 1 aliphatic rings. The van der Waals surface area contributed by atoms with Crippen molar-refractivity contribution in [2.75, 3.05) is 26.8 Å². The van der Waals surface area contributed by atoms with E-state index in [0.29, 0.717) is 85.9 Å². The lowest BCUT2D eigenvalue weighted by molar-refractivity contribution is -0.119. The van der Waals surface area contributed by atoms with Gasteiger partial charge in [-0.2, -0.15) is 4.52 Å². The average Bonchev–Trinajstić information content (AvgIpc) is 3.80. The Kier molecular flexibility index (Phi) is 15.5. The van der Waals surface area contributed by atoms with Crippen LogP contribution >= 0.6 is 23.2 Å². The summed E-state index contributed by atoms with van der Waals surface area (Å²) in [6.45, 7) is 22.6. The van der Waals surface area contributed by atoms with Crippen molar-refractivity contribution < 1.29 is 33.0 Å². The highest BCUT2D eigenvalue weighted by molar-refractivity contribution is 6.74. The molecule has 0 radical (unpaired) electrons. The summed E-state index contributed by atoms with van der Waals surface area (Å²) in [4.78, 5) is 65.5. The standard InChI is InChI=1S/C50H65Cl2N7O8Si/c1-48(2,3)66-46(62)57(24-25-65-68(12,13)50(7,8)9)30-33-26-42(61)59-40(53-33)27-39(56(59)10)37-19-15-17-35(44(37)52)34-16-14-18-36(43(34)51)38-22-20-31(45(55-38)64-11)28-58(47(63)67-49(4,5)6)29-32-21-23-41(60)54-32/h14-20,22,26-27,32H,21,23-25,28-30H2,1-13H3,(H,54,60)/t32-/m0/s1. The van der Waals surface area contributed by atoms with Crippen LogP contribution < -0.4 is 15.6 Å². The third kappa shape index (κ3) is 12.2. The van der Waals surface area contributed by atoms with Gasteiger partial charge in [0.2, 0.25) is 11.8 Å². The predicted octanol–water partition coefficient (Wildman–Crippen LogP) is 10.5. The molecule has 18 heteroatoms. The number of aromatic nitrogens is 4. The monoisotopic (exact) mass is 989 g/mol. The molecule has 3 amide bonds. The maximum Gasteiger partial charge on any atom is 0.410 e. The normalized spacial score (nSPS) is 14.5. The van der Waals surface area contributed by atoms with E-state index in [-0.39, 0.29) is 48.7 Å². The van der Waals surface area contributed by atoms with Crippen molar-refractivity contribution in [3.63, 3.8) is 0 Å². The Hall–Kier alpha value is -5.42. The molecule has 366 valence electrons. The summed E-state index contributed by atoms with van der Waals surface area (Å²) in [5.74, 6) is 0.247. The highest BCUT2D eigenvalue weighted by Gasteiger charge is 2.37. The van der Waals surface area contributed by atoms with Crippen molar-refractivity contribution in [1.29, 1.82) is 0 Å². The van der Waals surface area contributed by atoms with Gasteiger partial charge in [0.1, 0.15) is 11.2 Å². The Morgan fingerprint density at radius 1 is 0.809 bits per heavy atom. The number of pyridine rings is 1. The highest BCUT2D eigenvalue weighted by Crippen LogP contribution is 2.43. The molecule has 1 N–H and O–H groups in total. The third-order valence-electron chi connectivity index (χ3n) is 12.0. The molecule has 4 heterocycles. The van der Waals surface area contributed by atoms with E-state index < -0.39 is 31.7 Å². The first-order chi connectivity index (χ1) is 31.7. The lowest BCUT2D eigenvalue weighted by Crippen LogP contribution is -2.44. The Labute approximate surface area is 410 Å². The van der Waals surface area contributed by atoms with E-state index in [1.165, 1.54) is 22.6 Å². The fraction of sp³-hybridized carbons (Fsp3) is 0.480. The van der Waals surface area contributed by atoms with Crippen LogP contribution in [0, 0.1) is 0 Å². The summed E-state index contributed by atoms with van der Waals surface area (Å²) < 4.78 is 26.8. The number of ether oxygens (including phenoxy) is 3. The summed E-state index contributed by atoms with van der Waals surface area (Å²) in [6.07, 6.45) is -0.0307. The smallest absolute Gasteiger partial charge is 0.410 e. The Morgan fingerprint density at radius 3 is 1.97 bits per heavy atom. The number of nitrogens with zero attached hydrogens (tertiary/aromatic N) is 6. The van der Waals surface area contributed by atoms with Gasteiger partial charge in [0.05, 0.1) is 53.9 Å². The minimum absolute atomic E-state index is 0.00982. The first-order valence-corrected chi connectivity index (χ1v) is 26.4. The van der Waals surface area contributed by atoms with E-state index >= 15 is 0 Å². The first-order valence-electron chi connectivity index (χ1n) is 22.8. The number of halogens is 2. The number of aryl methyl sites for hydroxylation is 1. The molecule has 1 saturated heterocycles. The molecule has 1 aliphatic heterocycles. The zero-order chi connectivity index (χ0) is 50.1. The van der Waals surface area contributed by atoms with Gasteiger partial charge in [0, 0.05) is 72.5 Å². The fourth-order valence-electron chi connectivity index (χ4n) is 7.59. The number of rotatable bonds is 14. The molecule has 15 nitrogen and oxygen atoms in total. The topological polar surface area (TPSA) is 159 Å². The van der Waals surface area contributed by atoms with Crippen molar-refractivity contribution in [1.82, 2.24) is 34.3 Å². The molecule has 1 fully saturated rings. The number of fused-ring (bicyclic) bond motifs is 1. The van der Waals surface area contributed by atoms with Gasteiger partial charge >= 0.3 is 12.2 Å². The molecular formula is C50H65Cl2N7O8Si. The molecule has 2 aromatic carbocycles. The van der Waals surface area contributed by atoms with Crippen LogP contribution in [-0.2, 0) is 38.8 Å². The molecule has 5 aromatic rings. The molecule has 0 spiro atoms. The van der Waals surface area contributed by atoms with E-state index in [1.807, 2.05) is 69.3 Å². The number of methoxy groups -OCH3 is 1. The van der Waals surface area contributed by atoms with Crippen molar-refractivity contribution in [3.05, 3.63) is 92.3 Å². The Morgan fingerprint density at radius 2 is 1.40 bits per heavy atom. The summed E-state index contributed by atoms with van der Waals surface area (Å²) >= 11 is 14.5. The molecule has 0 saturated carbocycles. The van der Waals surface area contributed by atoms with Gasteiger partial charge in [-0.3, -0.25) is 14.3 Å². The molecule has 68 heavy (non-hydrogen) atoms. The predicted molar refractivity (Wildman–Crippen MR) is 269 cm³/mol. The number of hydrogen-bond acceptors (Lipinski definition) is 10. The molecular weight excluding hydrogens is 926 g/mol. The molecule has 0 unspecified atom stereocenters. The lowest BCUT2D eigenvalue weighted by atomic mass is 9.98. The van der Waals surface area contributed by atoms with E-state index in [0.717, 1.165) is 0 Å². The summed E-state index contributed by atoms with van der Waals surface area (Å²) in [6, 6.07) is 17.9. The second-order valence-corrected chi connectivity index (χ2v) is 26.2. The van der Waals surface area contributed by atoms with Crippen LogP contribution in [0.4, 0.5) is 9.59 Å². The molecule has 1 atom stereocenters. The number of carbonyl (C=O) groups excluding carboxylic acids is 3. The molecule has 0 bridgehead atoms. The number of nitrogens with one attached hydrogen (secondary N) is 1. The second kappa shape index (κ2) is 20.3. The zero-order valence-corrected chi connectivity index (χ0v) is 44.0. The third-order valence-corrected chi connectivity index (χ3v) is 17.4. The SMILES string of the molecule is COc1nc(-c2cccc(-c3cccc(-c4cc5nc(CN(CCO[Si](C)(C)C(C)(C)C)C(=O)OC(C)(C)C)cc(=O)n5n4C)c3Cl)c2Cl)ccc1CN(C[C@@H]1CCC(=O)N1)C(=O)OC(C)(C)C. The van der Waals surface area contributed by atoms with Crippen LogP contribution in [0.1, 0.15) is 86.4 Å². The van der Waals surface area contributed by atoms with Crippen LogP contribution in [0.3, 0.4) is 0 Å². The van der Waals surface area contributed by atoms with E-state index in [2.05, 4.69) is 39.2 Å². The molecule has 3 aromatic heterocycles. The summed E-state index contributed by atoms with van der Waals surface area (Å²) in [5.41, 5.74) is 3.30. The molecule has 0 aliphatic carbocycles. The van der Waals surface area contributed by atoms with Crippen LogP contribution in [0.2, 0.25) is 28.2 Å². The maximum absolute atomic E-state index is 13.8. The van der Waals surface area contributed by atoms with Crippen molar-refractivity contribution >= 4 is 55.3 Å². The number of carbonyl (C=O) groups is 3.